The molecular weight excluding hydrogens is 488 g/mol. The molecule has 0 N–H and O–H groups in total. The number of halogens is 1. The number of benzene rings is 3. The van der Waals surface area contributed by atoms with Crippen molar-refractivity contribution in [3.05, 3.63) is 91.7 Å². The van der Waals surface area contributed by atoms with E-state index < -0.39 is 10.5 Å². The maximum absolute atomic E-state index is 13.4. The fourth-order valence-electron chi connectivity index (χ4n) is 3.78. The van der Waals surface area contributed by atoms with E-state index in [1.807, 2.05) is 0 Å². The Bertz CT molecular complexity index is 1740. The van der Waals surface area contributed by atoms with Crippen molar-refractivity contribution in [3.63, 3.8) is 0 Å². The second kappa shape index (κ2) is 9.16. The van der Waals surface area contributed by atoms with Crippen LogP contribution in [0.2, 0.25) is 5.02 Å². The summed E-state index contributed by atoms with van der Waals surface area (Å²) in [5.41, 5.74) is 0.328. The van der Waals surface area contributed by atoms with E-state index in [4.69, 9.17) is 25.5 Å². The van der Waals surface area contributed by atoms with Crippen LogP contribution in [0.5, 0.6) is 11.5 Å². The van der Waals surface area contributed by atoms with Gasteiger partial charge in [0, 0.05) is 10.4 Å². The number of nitro groups is 1. The van der Waals surface area contributed by atoms with Gasteiger partial charge in [0.15, 0.2) is 17.3 Å². The molecule has 0 atom stereocenters. The van der Waals surface area contributed by atoms with E-state index in [2.05, 4.69) is 10.1 Å². The first-order chi connectivity index (χ1) is 17.4. The van der Waals surface area contributed by atoms with E-state index in [0.717, 1.165) is 4.68 Å². The summed E-state index contributed by atoms with van der Waals surface area (Å²) in [6.07, 6.45) is 1.20. The molecule has 0 saturated carbocycles. The highest BCUT2D eigenvalue weighted by Gasteiger charge is 2.20. The minimum absolute atomic E-state index is 0.0973. The maximum atomic E-state index is 13.4. The van der Waals surface area contributed by atoms with Gasteiger partial charge < -0.3 is 13.9 Å². The molecule has 5 rings (SSSR count). The number of furan rings is 1. The molecule has 10 nitrogen and oxygen atoms in total. The van der Waals surface area contributed by atoms with Crippen molar-refractivity contribution in [1.29, 1.82) is 0 Å². The lowest BCUT2D eigenvalue weighted by molar-refractivity contribution is -0.385. The monoisotopic (exact) mass is 504 g/mol. The Morgan fingerprint density at radius 1 is 1.08 bits per heavy atom. The number of para-hydroxylation sites is 1. The van der Waals surface area contributed by atoms with Gasteiger partial charge in [-0.3, -0.25) is 14.9 Å². The summed E-state index contributed by atoms with van der Waals surface area (Å²) in [5.74, 6) is 0.843. The summed E-state index contributed by atoms with van der Waals surface area (Å²) in [6.45, 7) is 0. The highest BCUT2D eigenvalue weighted by atomic mass is 35.5. The lowest BCUT2D eigenvalue weighted by Gasteiger charge is -2.09. The lowest BCUT2D eigenvalue weighted by Crippen LogP contribution is -2.20. The van der Waals surface area contributed by atoms with Gasteiger partial charge in [-0.2, -0.15) is 9.78 Å². The van der Waals surface area contributed by atoms with Crippen molar-refractivity contribution < 1.29 is 18.8 Å². The summed E-state index contributed by atoms with van der Waals surface area (Å²) in [7, 11) is 2.79. The van der Waals surface area contributed by atoms with Crippen LogP contribution in [0.1, 0.15) is 5.56 Å². The molecule has 11 heteroatoms. The van der Waals surface area contributed by atoms with Gasteiger partial charge in [0.2, 0.25) is 5.82 Å². The Morgan fingerprint density at radius 3 is 2.58 bits per heavy atom. The minimum Gasteiger partial charge on any atom is -0.493 e. The van der Waals surface area contributed by atoms with Gasteiger partial charge in [-0.1, -0.05) is 23.7 Å². The zero-order chi connectivity index (χ0) is 25.4. The van der Waals surface area contributed by atoms with Gasteiger partial charge in [-0.05, 0) is 42.5 Å². The normalized spacial score (nSPS) is 11.4. The fraction of sp³-hybridized carbons (Fsp3) is 0.0800. The number of nitro benzene ring substituents is 1. The van der Waals surface area contributed by atoms with E-state index >= 15 is 0 Å². The number of hydrogen-bond acceptors (Lipinski definition) is 8. The molecule has 2 heterocycles. The molecule has 0 radical (unpaired) electrons. The van der Waals surface area contributed by atoms with Crippen LogP contribution in [0.25, 0.3) is 33.5 Å². The predicted octanol–water partition coefficient (Wildman–Crippen LogP) is 5.27. The Morgan fingerprint density at radius 2 is 1.83 bits per heavy atom. The maximum Gasteiger partial charge on any atom is 0.282 e. The largest absolute Gasteiger partial charge is 0.493 e. The molecule has 36 heavy (non-hydrogen) atoms. The third-order valence-electron chi connectivity index (χ3n) is 5.49. The van der Waals surface area contributed by atoms with Crippen molar-refractivity contribution in [2.75, 3.05) is 14.2 Å². The third kappa shape index (κ3) is 4.03. The fourth-order valence-corrected chi connectivity index (χ4v) is 3.96. The second-order valence-corrected chi connectivity index (χ2v) is 8.07. The molecule has 0 aliphatic rings. The first-order valence-corrected chi connectivity index (χ1v) is 10.9. The zero-order valence-electron chi connectivity index (χ0n) is 19.0. The van der Waals surface area contributed by atoms with Crippen molar-refractivity contribution in [2.24, 2.45) is 5.10 Å². The molecule has 2 aromatic heterocycles. The smallest absolute Gasteiger partial charge is 0.282 e. The summed E-state index contributed by atoms with van der Waals surface area (Å²) in [6, 6.07) is 16.2. The van der Waals surface area contributed by atoms with E-state index in [1.165, 1.54) is 32.6 Å². The molecule has 0 amide bonds. The Balaban J connectivity index is 1.74. The molecule has 3 aromatic carbocycles. The van der Waals surface area contributed by atoms with Gasteiger partial charge in [0.25, 0.3) is 11.2 Å². The number of aromatic nitrogens is 2. The molecule has 0 unspecified atom stereocenters. The van der Waals surface area contributed by atoms with E-state index in [0.29, 0.717) is 26.9 Å². The molecule has 0 fully saturated rings. The number of fused-ring (bicyclic) bond motifs is 2. The van der Waals surface area contributed by atoms with Crippen molar-refractivity contribution in [3.8, 4) is 23.1 Å². The van der Waals surface area contributed by atoms with Crippen molar-refractivity contribution in [1.82, 2.24) is 9.66 Å². The minimum atomic E-state index is -0.575. The van der Waals surface area contributed by atoms with Crippen LogP contribution in [0.15, 0.2) is 75.0 Å². The summed E-state index contributed by atoms with van der Waals surface area (Å²) < 4.78 is 17.4. The first-order valence-electron chi connectivity index (χ1n) is 10.6. The third-order valence-corrected chi connectivity index (χ3v) is 5.73. The molecule has 0 saturated heterocycles. The van der Waals surface area contributed by atoms with Crippen LogP contribution in [0.4, 0.5) is 5.69 Å². The number of methoxy groups -OCH3 is 2. The Hall–Kier alpha value is -4.70. The number of ether oxygens (including phenoxy) is 2. The molecular formula is C25H17ClN4O6. The van der Waals surface area contributed by atoms with Crippen LogP contribution in [0, 0.1) is 10.1 Å². The van der Waals surface area contributed by atoms with E-state index in [9.17, 15) is 14.9 Å². The lowest BCUT2D eigenvalue weighted by atomic mass is 10.1. The van der Waals surface area contributed by atoms with Crippen molar-refractivity contribution in [2.45, 2.75) is 0 Å². The average molecular weight is 505 g/mol. The van der Waals surface area contributed by atoms with Gasteiger partial charge in [-0.15, -0.1) is 0 Å². The van der Waals surface area contributed by atoms with E-state index in [-0.39, 0.29) is 34.3 Å². The zero-order valence-corrected chi connectivity index (χ0v) is 19.7. The highest BCUT2D eigenvalue weighted by Crippen LogP contribution is 2.34. The van der Waals surface area contributed by atoms with E-state index in [1.54, 1.807) is 48.5 Å². The molecule has 0 aliphatic heterocycles. The molecule has 5 aromatic rings. The average Bonchev–Trinajstić information content (AvgIpc) is 3.30. The number of hydrogen-bond donors (Lipinski definition) is 0. The molecule has 0 aliphatic carbocycles. The molecule has 0 bridgehead atoms. The summed E-state index contributed by atoms with van der Waals surface area (Å²) in [5, 5.41) is 17.6. The Kier molecular flexibility index (Phi) is 5.87. The van der Waals surface area contributed by atoms with Gasteiger partial charge >= 0.3 is 0 Å². The number of nitrogens with zero attached hydrogens (tertiary/aromatic N) is 4. The van der Waals surface area contributed by atoms with Gasteiger partial charge in [-0.25, -0.2) is 4.98 Å². The van der Waals surface area contributed by atoms with Crippen LogP contribution < -0.4 is 15.0 Å². The van der Waals surface area contributed by atoms with Crippen molar-refractivity contribution >= 4 is 45.4 Å². The highest BCUT2D eigenvalue weighted by molar-refractivity contribution is 6.31. The standard InChI is InChI=1S/C25H17ClN4O6/c1-34-21-11-15(19(30(32)33)12-22(21)35-2)13-27-29-24(28-18-6-4-3-5-17(18)25(29)31)23-10-14-9-16(26)7-8-20(14)36-23/h3-13H,1-2H3. The van der Waals surface area contributed by atoms with Gasteiger partial charge in [0.1, 0.15) is 5.58 Å². The molecule has 0 spiro atoms. The van der Waals surface area contributed by atoms with Gasteiger partial charge in [0.05, 0.1) is 47.9 Å². The predicted molar refractivity (Wildman–Crippen MR) is 135 cm³/mol. The van der Waals surface area contributed by atoms with Crippen LogP contribution in [-0.2, 0) is 0 Å². The summed E-state index contributed by atoms with van der Waals surface area (Å²) >= 11 is 6.10. The number of rotatable bonds is 6. The summed E-state index contributed by atoms with van der Waals surface area (Å²) in [4.78, 5) is 29.1. The molecule has 180 valence electrons. The Labute approximate surface area is 208 Å². The second-order valence-electron chi connectivity index (χ2n) is 7.63. The first kappa shape index (κ1) is 23.1. The van der Waals surface area contributed by atoms with Crippen LogP contribution in [0.3, 0.4) is 0 Å². The quantitative estimate of drug-likeness (QED) is 0.175. The topological polar surface area (TPSA) is 122 Å². The SMILES string of the molecule is COc1cc(C=Nn2c(-c3cc4cc(Cl)ccc4o3)nc3ccccc3c2=O)c([N+](=O)[O-])cc1OC. The van der Waals surface area contributed by atoms with Crippen LogP contribution in [-0.4, -0.2) is 35.0 Å². The van der Waals surface area contributed by atoms with Crippen LogP contribution >= 0.6 is 11.6 Å².